The van der Waals surface area contributed by atoms with E-state index in [1.54, 1.807) is 23.7 Å². The number of aliphatic hydroxyl groups is 1. The minimum absolute atomic E-state index is 0.298. The number of carbonyl (C=O) groups excluding carboxylic acids is 1. The van der Waals surface area contributed by atoms with E-state index in [9.17, 15) is 28.3 Å². The Morgan fingerprint density at radius 3 is 2.68 bits per heavy atom. The fraction of sp³-hybridized carbons (Fsp3) is 0.462. The monoisotopic (exact) mass is 512 g/mol. The van der Waals surface area contributed by atoms with Crippen LogP contribution >= 0.6 is 0 Å². The van der Waals surface area contributed by atoms with Crippen molar-refractivity contribution in [2.75, 3.05) is 24.5 Å². The lowest BCUT2D eigenvalue weighted by atomic mass is 9.96. The summed E-state index contributed by atoms with van der Waals surface area (Å²) in [5, 5.41) is 24.0. The largest absolute Gasteiger partial charge is 0.417 e. The smallest absolute Gasteiger partial charge is 0.390 e. The molecule has 2 saturated heterocycles. The first-order valence-corrected chi connectivity index (χ1v) is 12.2. The van der Waals surface area contributed by atoms with Crippen LogP contribution in [-0.4, -0.2) is 56.2 Å². The Hall–Kier alpha value is -3.65. The lowest BCUT2D eigenvalue weighted by molar-refractivity contribution is -0.138. The summed E-state index contributed by atoms with van der Waals surface area (Å²) < 4.78 is 42.7. The summed E-state index contributed by atoms with van der Waals surface area (Å²) in [4.78, 5) is 21.6. The number of likely N-dealkylation sites (tertiary alicyclic amines) is 1. The average Bonchev–Trinajstić information content (AvgIpc) is 3.44. The maximum absolute atomic E-state index is 13.7. The van der Waals surface area contributed by atoms with Gasteiger partial charge in [-0.2, -0.15) is 23.5 Å². The molecule has 0 radical (unpaired) electrons. The summed E-state index contributed by atoms with van der Waals surface area (Å²) in [7, 11) is 0. The molecule has 2 fully saturated rings. The Kier molecular flexibility index (Phi) is 6.31. The number of alkyl halides is 3. The van der Waals surface area contributed by atoms with Gasteiger partial charge in [0.25, 0.3) is 5.91 Å². The van der Waals surface area contributed by atoms with Gasteiger partial charge in [-0.1, -0.05) is 11.6 Å². The molecule has 3 unspecified atom stereocenters. The van der Waals surface area contributed by atoms with Crippen molar-refractivity contribution >= 4 is 17.4 Å². The number of anilines is 1. The number of nitriles is 1. The number of piperidine rings is 1. The zero-order valence-corrected chi connectivity index (χ0v) is 20.5. The predicted octanol–water partition coefficient (Wildman–Crippen LogP) is 4.05. The van der Waals surface area contributed by atoms with E-state index in [1.807, 2.05) is 11.8 Å². The van der Waals surface area contributed by atoms with Crippen molar-refractivity contribution in [2.45, 2.75) is 51.4 Å². The van der Waals surface area contributed by atoms with E-state index in [2.05, 4.69) is 11.2 Å². The van der Waals surface area contributed by atoms with Gasteiger partial charge in [-0.15, -0.1) is 0 Å². The third-order valence-electron chi connectivity index (χ3n) is 7.19. The standard InChI is InChI=1S/C26H27F3N6O2/c1-15-6-7-19(26(27,28)29)18(9-15)25(37)34-8-4-3-5-21(34)20-10-23-31-24(16(2)12-35(23)32-20)33-13-17(11-30)22(36)14-33/h6-7,9-10,12,17,21-22,36H,3-5,8,13-14H2,1-2H3. The Bertz CT molecular complexity index is 1400. The molecule has 11 heteroatoms. The SMILES string of the molecule is Cc1ccc(C(F)(F)F)c(C(=O)N2CCCCC2c2cc3nc(N4CC(O)C(C#N)C4)c(C)cn3n2)c1. The zero-order chi connectivity index (χ0) is 26.5. The number of hydrogen-bond donors (Lipinski definition) is 1. The van der Waals surface area contributed by atoms with E-state index < -0.39 is 35.7 Å². The molecule has 2 aliphatic rings. The van der Waals surface area contributed by atoms with Gasteiger partial charge >= 0.3 is 6.18 Å². The van der Waals surface area contributed by atoms with E-state index in [1.165, 1.54) is 17.0 Å². The molecule has 0 bridgehead atoms. The molecule has 3 atom stereocenters. The molecule has 1 amide bonds. The van der Waals surface area contributed by atoms with Gasteiger partial charge in [0.05, 0.1) is 41.0 Å². The molecule has 2 aromatic heterocycles. The van der Waals surface area contributed by atoms with Crippen molar-refractivity contribution in [1.82, 2.24) is 19.5 Å². The fourth-order valence-corrected chi connectivity index (χ4v) is 5.31. The molecule has 3 aromatic rings. The second kappa shape index (κ2) is 9.34. The first kappa shape index (κ1) is 25.0. The molecule has 0 saturated carbocycles. The van der Waals surface area contributed by atoms with Crippen LogP contribution in [0.15, 0.2) is 30.5 Å². The zero-order valence-electron chi connectivity index (χ0n) is 20.5. The number of β-amino-alcohol motifs (C(OH)–C–C–N with tert-alkyl or cyclic N) is 1. The van der Waals surface area contributed by atoms with E-state index in [4.69, 9.17) is 4.98 Å². The third-order valence-corrected chi connectivity index (χ3v) is 7.19. The molecule has 1 N–H and O–H groups in total. The maximum atomic E-state index is 13.7. The van der Waals surface area contributed by atoms with Gasteiger partial charge < -0.3 is 14.9 Å². The molecular weight excluding hydrogens is 485 g/mol. The van der Waals surface area contributed by atoms with E-state index in [-0.39, 0.29) is 5.56 Å². The molecule has 4 heterocycles. The number of halogens is 3. The highest BCUT2D eigenvalue weighted by Gasteiger charge is 2.39. The third kappa shape index (κ3) is 4.62. The van der Waals surface area contributed by atoms with Crippen LogP contribution in [0.25, 0.3) is 5.65 Å². The van der Waals surface area contributed by atoms with Crippen molar-refractivity contribution in [2.24, 2.45) is 5.92 Å². The van der Waals surface area contributed by atoms with Gasteiger partial charge in [0.2, 0.25) is 0 Å². The first-order chi connectivity index (χ1) is 17.6. The second-order valence-electron chi connectivity index (χ2n) is 9.88. The highest BCUT2D eigenvalue weighted by atomic mass is 19.4. The van der Waals surface area contributed by atoms with Crippen molar-refractivity contribution in [3.05, 3.63) is 58.4 Å². The number of aryl methyl sites for hydroxylation is 2. The number of amides is 1. The molecule has 0 spiro atoms. The fourth-order valence-electron chi connectivity index (χ4n) is 5.31. The van der Waals surface area contributed by atoms with Crippen LogP contribution in [0.4, 0.5) is 19.0 Å². The lowest BCUT2D eigenvalue weighted by Gasteiger charge is -2.35. The van der Waals surface area contributed by atoms with Crippen LogP contribution in [0, 0.1) is 31.1 Å². The predicted molar refractivity (Wildman–Crippen MR) is 129 cm³/mol. The van der Waals surface area contributed by atoms with Gasteiger partial charge in [-0.05, 0) is 45.2 Å². The first-order valence-electron chi connectivity index (χ1n) is 12.2. The van der Waals surface area contributed by atoms with Crippen molar-refractivity contribution in [3.8, 4) is 6.07 Å². The van der Waals surface area contributed by atoms with E-state index in [0.29, 0.717) is 55.2 Å². The Labute approximate surface area is 211 Å². The normalized spacial score (nSPS) is 22.5. The van der Waals surface area contributed by atoms with Crippen LogP contribution in [-0.2, 0) is 6.18 Å². The summed E-state index contributed by atoms with van der Waals surface area (Å²) in [5.74, 6) is -0.513. The molecule has 37 heavy (non-hydrogen) atoms. The van der Waals surface area contributed by atoms with Gasteiger partial charge in [-0.3, -0.25) is 4.79 Å². The Morgan fingerprint density at radius 1 is 1.19 bits per heavy atom. The van der Waals surface area contributed by atoms with Crippen LogP contribution in [0.5, 0.6) is 0 Å². The minimum Gasteiger partial charge on any atom is -0.390 e. The van der Waals surface area contributed by atoms with Crippen LogP contribution in [0.1, 0.15) is 58.0 Å². The maximum Gasteiger partial charge on any atom is 0.417 e. The highest BCUT2D eigenvalue weighted by Crippen LogP contribution is 2.37. The molecular formula is C26H27F3N6O2. The Balaban J connectivity index is 1.49. The van der Waals surface area contributed by atoms with Gasteiger partial charge in [0.1, 0.15) is 5.82 Å². The minimum atomic E-state index is -4.64. The van der Waals surface area contributed by atoms with E-state index >= 15 is 0 Å². The van der Waals surface area contributed by atoms with Crippen LogP contribution < -0.4 is 4.90 Å². The summed E-state index contributed by atoms with van der Waals surface area (Å²) in [6.45, 7) is 4.53. The number of carbonyl (C=O) groups is 1. The number of fused-ring (bicyclic) bond motifs is 1. The van der Waals surface area contributed by atoms with Crippen LogP contribution in [0.3, 0.4) is 0 Å². The topological polar surface area (TPSA) is 97.8 Å². The summed E-state index contributed by atoms with van der Waals surface area (Å²) >= 11 is 0. The van der Waals surface area contributed by atoms with Gasteiger partial charge in [0.15, 0.2) is 5.65 Å². The van der Waals surface area contributed by atoms with Gasteiger partial charge in [-0.25, -0.2) is 9.50 Å². The van der Waals surface area contributed by atoms with Crippen LogP contribution in [0.2, 0.25) is 0 Å². The molecule has 2 aliphatic heterocycles. The summed E-state index contributed by atoms with van der Waals surface area (Å²) in [6.07, 6.45) is -1.50. The molecule has 194 valence electrons. The lowest BCUT2D eigenvalue weighted by Crippen LogP contribution is -2.39. The van der Waals surface area contributed by atoms with Crippen molar-refractivity contribution in [3.63, 3.8) is 0 Å². The number of rotatable bonds is 3. The van der Waals surface area contributed by atoms with E-state index in [0.717, 1.165) is 18.1 Å². The van der Waals surface area contributed by atoms with Crippen molar-refractivity contribution in [1.29, 1.82) is 5.26 Å². The number of benzene rings is 1. The highest BCUT2D eigenvalue weighted by molar-refractivity contribution is 5.96. The Morgan fingerprint density at radius 2 is 1.97 bits per heavy atom. The number of aliphatic hydroxyl groups excluding tert-OH is 1. The molecule has 0 aliphatic carbocycles. The number of aromatic nitrogens is 3. The van der Waals surface area contributed by atoms with Gasteiger partial charge in [0, 0.05) is 37.5 Å². The molecule has 1 aromatic carbocycles. The second-order valence-corrected chi connectivity index (χ2v) is 9.88. The summed E-state index contributed by atoms with van der Waals surface area (Å²) in [5.41, 5.74) is 1.19. The van der Waals surface area contributed by atoms with Crippen molar-refractivity contribution < 1.29 is 23.1 Å². The molecule has 5 rings (SSSR count). The summed E-state index contributed by atoms with van der Waals surface area (Å²) in [6, 6.07) is 7.02. The number of nitrogens with zero attached hydrogens (tertiary/aromatic N) is 6. The molecule has 8 nitrogen and oxygen atoms in total. The number of hydrogen-bond acceptors (Lipinski definition) is 6. The average molecular weight is 513 g/mol. The quantitative estimate of drug-likeness (QED) is 0.569.